The van der Waals surface area contributed by atoms with E-state index in [4.69, 9.17) is 11.6 Å². The molecule has 0 amide bonds. The van der Waals surface area contributed by atoms with Crippen molar-refractivity contribution in [1.82, 2.24) is 5.32 Å². The van der Waals surface area contributed by atoms with Gasteiger partial charge in [-0.3, -0.25) is 0 Å². The molecule has 112 valence electrons. The number of anilines is 1. The fourth-order valence-electron chi connectivity index (χ4n) is 2.15. The molecule has 1 unspecified atom stereocenters. The van der Waals surface area contributed by atoms with Crippen LogP contribution in [0.5, 0.6) is 0 Å². The highest BCUT2D eigenvalue weighted by atomic mass is 35.5. The smallest absolute Gasteiger partial charge is 0.124 e. The summed E-state index contributed by atoms with van der Waals surface area (Å²) in [4.78, 5) is 2.07. The normalized spacial score (nSPS) is 12.2. The van der Waals surface area contributed by atoms with Gasteiger partial charge in [-0.15, -0.1) is 0 Å². The molecule has 0 heterocycles. The Morgan fingerprint density at radius 2 is 1.81 bits per heavy atom. The summed E-state index contributed by atoms with van der Waals surface area (Å²) in [5.41, 5.74) is 3.28. The van der Waals surface area contributed by atoms with Crippen molar-refractivity contribution in [3.63, 3.8) is 0 Å². The van der Waals surface area contributed by atoms with Gasteiger partial charge in [-0.2, -0.15) is 0 Å². The first-order chi connectivity index (χ1) is 9.97. The first-order valence-electron chi connectivity index (χ1n) is 6.92. The number of halogens is 2. The van der Waals surface area contributed by atoms with Crippen LogP contribution in [0.4, 0.5) is 10.1 Å². The predicted molar refractivity (Wildman–Crippen MR) is 87.4 cm³/mol. The van der Waals surface area contributed by atoms with Crippen molar-refractivity contribution >= 4 is 17.3 Å². The summed E-state index contributed by atoms with van der Waals surface area (Å²) in [5, 5.41) is 3.86. The van der Waals surface area contributed by atoms with Crippen LogP contribution in [-0.2, 0) is 6.54 Å². The monoisotopic (exact) mass is 306 g/mol. The van der Waals surface area contributed by atoms with E-state index in [0.29, 0.717) is 5.02 Å². The highest BCUT2D eigenvalue weighted by Crippen LogP contribution is 2.24. The second kappa shape index (κ2) is 6.92. The quantitative estimate of drug-likeness (QED) is 0.881. The molecule has 0 fully saturated rings. The highest BCUT2D eigenvalue weighted by Gasteiger charge is 2.10. The van der Waals surface area contributed by atoms with Crippen molar-refractivity contribution in [3.8, 4) is 0 Å². The Bertz CT molecular complexity index is 596. The van der Waals surface area contributed by atoms with Crippen molar-refractivity contribution in [1.29, 1.82) is 0 Å². The SMILES string of the molecule is CC(NCc1ccc(N(C)C)cc1)c1ccc(F)cc1Cl. The summed E-state index contributed by atoms with van der Waals surface area (Å²) in [7, 11) is 4.04. The van der Waals surface area contributed by atoms with Crippen LogP contribution in [0.25, 0.3) is 0 Å². The van der Waals surface area contributed by atoms with Gasteiger partial charge in [0.05, 0.1) is 0 Å². The van der Waals surface area contributed by atoms with Crippen molar-refractivity contribution in [2.75, 3.05) is 19.0 Å². The summed E-state index contributed by atoms with van der Waals surface area (Å²) < 4.78 is 13.1. The zero-order chi connectivity index (χ0) is 15.4. The van der Waals surface area contributed by atoms with Gasteiger partial charge in [0, 0.05) is 37.4 Å². The topological polar surface area (TPSA) is 15.3 Å². The van der Waals surface area contributed by atoms with E-state index >= 15 is 0 Å². The molecule has 0 aliphatic carbocycles. The lowest BCUT2D eigenvalue weighted by Crippen LogP contribution is -2.18. The third kappa shape index (κ3) is 4.19. The van der Waals surface area contributed by atoms with Gasteiger partial charge < -0.3 is 10.2 Å². The largest absolute Gasteiger partial charge is 0.378 e. The Labute approximate surface area is 130 Å². The number of hydrogen-bond donors (Lipinski definition) is 1. The van der Waals surface area contributed by atoms with E-state index in [0.717, 1.165) is 12.1 Å². The van der Waals surface area contributed by atoms with Crippen LogP contribution in [0.1, 0.15) is 24.1 Å². The van der Waals surface area contributed by atoms with Gasteiger partial charge in [-0.05, 0) is 42.3 Å². The Morgan fingerprint density at radius 3 is 2.38 bits per heavy atom. The zero-order valence-corrected chi connectivity index (χ0v) is 13.3. The lowest BCUT2D eigenvalue weighted by molar-refractivity contribution is 0.571. The third-order valence-corrected chi connectivity index (χ3v) is 3.82. The number of rotatable bonds is 5. The molecule has 2 aromatic rings. The van der Waals surface area contributed by atoms with Crippen molar-refractivity contribution in [2.45, 2.75) is 19.5 Å². The lowest BCUT2D eigenvalue weighted by Gasteiger charge is -2.17. The summed E-state index contributed by atoms with van der Waals surface area (Å²) >= 11 is 6.08. The van der Waals surface area contributed by atoms with Gasteiger partial charge in [0.2, 0.25) is 0 Å². The van der Waals surface area contributed by atoms with E-state index in [1.807, 2.05) is 21.0 Å². The molecular weight excluding hydrogens is 287 g/mol. The van der Waals surface area contributed by atoms with E-state index < -0.39 is 0 Å². The van der Waals surface area contributed by atoms with E-state index in [2.05, 4.69) is 34.5 Å². The lowest BCUT2D eigenvalue weighted by atomic mass is 10.1. The minimum atomic E-state index is -0.310. The molecule has 2 aromatic carbocycles. The molecule has 0 spiro atoms. The molecule has 0 bridgehead atoms. The van der Waals surface area contributed by atoms with Crippen molar-refractivity contribution < 1.29 is 4.39 Å². The molecular formula is C17H20ClFN2. The minimum Gasteiger partial charge on any atom is -0.378 e. The van der Waals surface area contributed by atoms with Gasteiger partial charge in [0.25, 0.3) is 0 Å². The number of hydrogen-bond acceptors (Lipinski definition) is 2. The average molecular weight is 307 g/mol. The van der Waals surface area contributed by atoms with Crippen molar-refractivity contribution in [2.24, 2.45) is 0 Å². The molecule has 0 aromatic heterocycles. The first kappa shape index (κ1) is 15.8. The van der Waals surface area contributed by atoms with Gasteiger partial charge in [0.15, 0.2) is 0 Å². The van der Waals surface area contributed by atoms with E-state index in [-0.39, 0.29) is 11.9 Å². The van der Waals surface area contributed by atoms with Crippen LogP contribution in [0.15, 0.2) is 42.5 Å². The van der Waals surface area contributed by atoms with Crippen LogP contribution < -0.4 is 10.2 Å². The van der Waals surface area contributed by atoms with Gasteiger partial charge in [0.1, 0.15) is 5.82 Å². The maximum Gasteiger partial charge on any atom is 0.124 e. The van der Waals surface area contributed by atoms with E-state index in [9.17, 15) is 4.39 Å². The number of nitrogens with one attached hydrogen (secondary N) is 1. The summed E-state index contributed by atoms with van der Waals surface area (Å²) in [5.74, 6) is -0.310. The zero-order valence-electron chi connectivity index (χ0n) is 12.5. The van der Waals surface area contributed by atoms with Crippen LogP contribution in [0.3, 0.4) is 0 Å². The predicted octanol–water partition coefficient (Wildman–Crippen LogP) is 4.40. The molecule has 21 heavy (non-hydrogen) atoms. The Balaban J connectivity index is 1.98. The molecule has 0 aliphatic rings. The maximum atomic E-state index is 13.1. The Hall–Kier alpha value is -1.58. The molecule has 4 heteroatoms. The molecule has 0 saturated carbocycles. The Kier molecular flexibility index (Phi) is 5.21. The van der Waals surface area contributed by atoms with E-state index in [1.165, 1.54) is 23.4 Å². The summed E-state index contributed by atoms with van der Waals surface area (Å²) in [6.45, 7) is 2.76. The van der Waals surface area contributed by atoms with Crippen molar-refractivity contribution in [3.05, 3.63) is 64.4 Å². The molecule has 1 N–H and O–H groups in total. The molecule has 1 atom stereocenters. The summed E-state index contributed by atoms with van der Waals surface area (Å²) in [6, 6.07) is 12.9. The van der Waals surface area contributed by atoms with Crippen LogP contribution in [-0.4, -0.2) is 14.1 Å². The summed E-state index contributed by atoms with van der Waals surface area (Å²) in [6.07, 6.45) is 0. The maximum absolute atomic E-state index is 13.1. The van der Waals surface area contributed by atoms with Crippen LogP contribution in [0.2, 0.25) is 5.02 Å². The first-order valence-corrected chi connectivity index (χ1v) is 7.30. The van der Waals surface area contributed by atoms with Gasteiger partial charge >= 0.3 is 0 Å². The molecule has 0 saturated heterocycles. The second-order valence-corrected chi connectivity index (χ2v) is 5.74. The Morgan fingerprint density at radius 1 is 1.14 bits per heavy atom. The van der Waals surface area contributed by atoms with Crippen LogP contribution >= 0.6 is 11.6 Å². The third-order valence-electron chi connectivity index (χ3n) is 3.49. The number of benzene rings is 2. The molecule has 2 rings (SSSR count). The van der Waals surface area contributed by atoms with Gasteiger partial charge in [-0.25, -0.2) is 4.39 Å². The fourth-order valence-corrected chi connectivity index (χ4v) is 2.48. The molecule has 2 nitrogen and oxygen atoms in total. The fraction of sp³-hybridized carbons (Fsp3) is 0.294. The molecule has 0 aliphatic heterocycles. The molecule has 0 radical (unpaired) electrons. The standard InChI is InChI=1S/C17H20ClFN2/c1-12(16-9-6-14(19)10-17(16)18)20-11-13-4-7-15(8-5-13)21(2)3/h4-10,12,20H,11H2,1-3H3. The van der Waals surface area contributed by atoms with Gasteiger partial charge in [-0.1, -0.05) is 29.8 Å². The second-order valence-electron chi connectivity index (χ2n) is 5.33. The minimum absolute atomic E-state index is 0.0617. The van der Waals surface area contributed by atoms with Crippen LogP contribution in [0, 0.1) is 5.82 Å². The average Bonchev–Trinajstić information content (AvgIpc) is 2.45. The highest BCUT2D eigenvalue weighted by molar-refractivity contribution is 6.31. The number of nitrogens with zero attached hydrogens (tertiary/aromatic N) is 1. The van der Waals surface area contributed by atoms with E-state index in [1.54, 1.807) is 6.07 Å².